The third kappa shape index (κ3) is 17.1. The van der Waals surface area contributed by atoms with Crippen molar-refractivity contribution in [3.8, 4) is 0 Å². The zero-order chi connectivity index (χ0) is 32.9. The maximum Gasteiger partial charge on any atom is 0.330 e. The molecule has 0 aromatic rings. The Morgan fingerprint density at radius 2 is 1.02 bits per heavy atom. The van der Waals surface area contributed by atoms with Gasteiger partial charge in [-0.1, -0.05) is 39.7 Å². The Morgan fingerprint density at radius 1 is 0.651 bits per heavy atom. The van der Waals surface area contributed by atoms with Crippen molar-refractivity contribution in [2.75, 3.05) is 46.1 Å². The molecule has 14 heteroatoms. The van der Waals surface area contributed by atoms with Gasteiger partial charge in [0, 0.05) is 43.9 Å². The lowest BCUT2D eigenvalue weighted by Gasteiger charge is -2.33. The van der Waals surface area contributed by atoms with Crippen LogP contribution in [0, 0.1) is 0 Å². The summed E-state index contributed by atoms with van der Waals surface area (Å²) in [4.78, 5) is 73.6. The van der Waals surface area contributed by atoms with Gasteiger partial charge in [-0.2, -0.15) is 0 Å². The van der Waals surface area contributed by atoms with Crippen molar-refractivity contribution < 1.29 is 47.7 Å². The van der Waals surface area contributed by atoms with Crippen LogP contribution in [0.5, 0.6) is 0 Å². The molecule has 0 saturated heterocycles. The Balaban J connectivity index is 5.28. The number of ether oxygens (including phenoxy) is 4. The molecule has 3 N–H and O–H groups in total. The summed E-state index contributed by atoms with van der Waals surface area (Å²) in [5.74, 6) is -2.86. The highest BCUT2D eigenvalue weighted by atomic mass is 16.6. The van der Waals surface area contributed by atoms with Crippen LogP contribution in [-0.4, -0.2) is 98.0 Å². The average molecular weight is 609 g/mol. The van der Waals surface area contributed by atoms with E-state index in [1.165, 1.54) is 11.8 Å². The quantitative estimate of drug-likeness (QED) is 0.0754. The Bertz CT molecular complexity index is 979. The van der Waals surface area contributed by atoms with E-state index in [4.69, 9.17) is 18.9 Å². The molecule has 14 nitrogen and oxygen atoms in total. The van der Waals surface area contributed by atoms with Gasteiger partial charge in [-0.25, -0.2) is 28.8 Å². The van der Waals surface area contributed by atoms with E-state index in [-0.39, 0.29) is 39.5 Å². The summed E-state index contributed by atoms with van der Waals surface area (Å²) < 4.78 is 20.2. The maximum absolute atomic E-state index is 13.2. The Labute approximate surface area is 252 Å². The Hall–Kier alpha value is -4.62. The molecular formula is C29H44N4O10. The van der Waals surface area contributed by atoms with Crippen molar-refractivity contribution in [2.45, 2.75) is 51.1 Å². The van der Waals surface area contributed by atoms with Crippen LogP contribution >= 0.6 is 0 Å². The van der Waals surface area contributed by atoms with Gasteiger partial charge in [0.1, 0.15) is 37.5 Å². The van der Waals surface area contributed by atoms with Crippen molar-refractivity contribution >= 4 is 35.9 Å². The van der Waals surface area contributed by atoms with E-state index in [2.05, 4.69) is 42.3 Å². The zero-order valence-electron chi connectivity index (χ0n) is 25.2. The van der Waals surface area contributed by atoms with Crippen LogP contribution in [0.4, 0.5) is 9.59 Å². The van der Waals surface area contributed by atoms with E-state index < -0.39 is 47.0 Å². The first-order chi connectivity index (χ1) is 20.3. The third-order valence-corrected chi connectivity index (χ3v) is 5.58. The number of urea groups is 2. The van der Waals surface area contributed by atoms with Gasteiger partial charge in [-0.3, -0.25) is 0 Å². The van der Waals surface area contributed by atoms with E-state index in [1.54, 1.807) is 6.92 Å². The summed E-state index contributed by atoms with van der Waals surface area (Å²) in [6.07, 6.45) is 5.72. The predicted molar refractivity (Wildman–Crippen MR) is 158 cm³/mol. The molecule has 0 aromatic carbocycles. The molecule has 43 heavy (non-hydrogen) atoms. The molecule has 0 fully saturated rings. The van der Waals surface area contributed by atoms with Crippen molar-refractivity contribution in [2.24, 2.45) is 0 Å². The van der Waals surface area contributed by atoms with Gasteiger partial charge in [0.25, 0.3) is 0 Å². The number of nitrogens with one attached hydrogen (secondary N) is 3. The Morgan fingerprint density at radius 3 is 1.40 bits per heavy atom. The van der Waals surface area contributed by atoms with Gasteiger partial charge in [0.15, 0.2) is 0 Å². The van der Waals surface area contributed by atoms with Crippen LogP contribution in [0.3, 0.4) is 0 Å². The monoisotopic (exact) mass is 608 g/mol. The van der Waals surface area contributed by atoms with Gasteiger partial charge in [-0.05, 0) is 26.7 Å². The van der Waals surface area contributed by atoms with Crippen LogP contribution in [-0.2, 0) is 38.1 Å². The number of carbonyl (C=O) groups excluding carboxylic acids is 6. The third-order valence-electron chi connectivity index (χ3n) is 5.58. The van der Waals surface area contributed by atoms with Gasteiger partial charge in [0.05, 0.1) is 0 Å². The number of amides is 4. The number of hydrogen-bond acceptors (Lipinski definition) is 10. The lowest BCUT2D eigenvalue weighted by atomic mass is 10.1. The second-order valence-corrected chi connectivity index (χ2v) is 9.87. The molecule has 0 spiro atoms. The van der Waals surface area contributed by atoms with Crippen LogP contribution in [0.25, 0.3) is 0 Å². The standard InChI is InChI=1S/C29H44N4O10/c1-8-13-16-33(27(39)32-29(7,20-42-24(36)11-4)21-43-25(37)12-5)17-14-15-30-26(38)31-28(6,18-40-22(34)9-2)19-41-23(35)10-3/h9-12H,2-5,8,13-21H2,1,6-7H3,(H,32,39)(H2,30,31,38). The van der Waals surface area contributed by atoms with E-state index in [1.807, 2.05) is 6.92 Å². The molecule has 240 valence electrons. The van der Waals surface area contributed by atoms with E-state index >= 15 is 0 Å². The zero-order valence-corrected chi connectivity index (χ0v) is 25.2. The minimum Gasteiger partial charge on any atom is -0.460 e. The van der Waals surface area contributed by atoms with Crippen LogP contribution in [0.15, 0.2) is 50.6 Å². The lowest BCUT2D eigenvalue weighted by Crippen LogP contribution is -2.57. The number of esters is 4. The fraction of sp³-hybridized carbons (Fsp3) is 0.517. The number of carbonyl (C=O) groups is 6. The number of rotatable bonds is 21. The molecule has 0 aliphatic rings. The largest absolute Gasteiger partial charge is 0.460 e. The molecular weight excluding hydrogens is 564 g/mol. The van der Waals surface area contributed by atoms with E-state index in [9.17, 15) is 28.8 Å². The minimum absolute atomic E-state index is 0.155. The molecule has 0 aliphatic carbocycles. The molecule has 4 amide bonds. The molecule has 0 radical (unpaired) electrons. The van der Waals surface area contributed by atoms with Crippen LogP contribution in [0.2, 0.25) is 0 Å². The normalized spacial score (nSPS) is 10.7. The average Bonchev–Trinajstić information content (AvgIpc) is 2.99. The summed E-state index contributed by atoms with van der Waals surface area (Å²) in [6.45, 7) is 17.9. The molecule has 0 aromatic heterocycles. The smallest absolute Gasteiger partial charge is 0.330 e. The highest BCUT2D eigenvalue weighted by molar-refractivity contribution is 5.83. The number of nitrogens with zero attached hydrogens (tertiary/aromatic N) is 1. The number of unbranched alkanes of at least 4 members (excludes halogenated alkanes) is 1. The first kappa shape index (κ1) is 38.4. The molecule has 0 rings (SSSR count). The SMILES string of the molecule is C=CC(=O)OCC(C)(COC(=O)C=C)NC(=O)NCCCN(CCCC)C(=O)NC(C)(COC(=O)C=C)COC(=O)C=C. The first-order valence-corrected chi connectivity index (χ1v) is 13.6. The second kappa shape index (κ2) is 20.3. The van der Waals surface area contributed by atoms with Crippen LogP contribution < -0.4 is 16.0 Å². The highest BCUT2D eigenvalue weighted by Crippen LogP contribution is 2.10. The second-order valence-electron chi connectivity index (χ2n) is 9.87. The predicted octanol–water partition coefficient (Wildman–Crippen LogP) is 1.92. The Kier molecular flexibility index (Phi) is 18.1. The van der Waals surface area contributed by atoms with Crippen molar-refractivity contribution in [1.29, 1.82) is 0 Å². The van der Waals surface area contributed by atoms with Gasteiger partial charge < -0.3 is 39.8 Å². The van der Waals surface area contributed by atoms with Crippen molar-refractivity contribution in [3.63, 3.8) is 0 Å². The van der Waals surface area contributed by atoms with Crippen LogP contribution in [0.1, 0.15) is 40.0 Å². The topological polar surface area (TPSA) is 179 Å². The summed E-state index contributed by atoms with van der Waals surface area (Å²) in [5, 5.41) is 8.04. The highest BCUT2D eigenvalue weighted by Gasteiger charge is 2.32. The summed E-state index contributed by atoms with van der Waals surface area (Å²) in [5.41, 5.74) is -2.52. The molecule has 0 atom stereocenters. The fourth-order valence-electron chi connectivity index (χ4n) is 3.18. The van der Waals surface area contributed by atoms with Gasteiger partial charge >= 0.3 is 35.9 Å². The molecule has 0 bridgehead atoms. The van der Waals surface area contributed by atoms with Gasteiger partial charge in [0.2, 0.25) is 0 Å². The minimum atomic E-state index is -1.26. The fourth-order valence-corrected chi connectivity index (χ4v) is 3.18. The first-order valence-electron chi connectivity index (χ1n) is 13.6. The van der Waals surface area contributed by atoms with Gasteiger partial charge in [-0.15, -0.1) is 0 Å². The molecule has 0 aliphatic heterocycles. The van der Waals surface area contributed by atoms with E-state index in [0.29, 0.717) is 19.4 Å². The maximum atomic E-state index is 13.2. The van der Waals surface area contributed by atoms with Crippen molar-refractivity contribution in [3.05, 3.63) is 50.6 Å². The summed E-state index contributed by atoms with van der Waals surface area (Å²) in [6, 6.07) is -1.12. The van der Waals surface area contributed by atoms with Crippen molar-refractivity contribution in [1.82, 2.24) is 20.9 Å². The number of hydrogen-bond donors (Lipinski definition) is 3. The molecule has 0 unspecified atom stereocenters. The summed E-state index contributed by atoms with van der Waals surface area (Å²) in [7, 11) is 0. The van der Waals surface area contributed by atoms with E-state index in [0.717, 1.165) is 30.7 Å². The molecule has 0 saturated carbocycles. The molecule has 0 heterocycles. The lowest BCUT2D eigenvalue weighted by molar-refractivity contribution is -0.145. The summed E-state index contributed by atoms with van der Waals surface area (Å²) >= 11 is 0.